The number of carbonyl (C=O) groups is 1. The smallest absolute Gasteiger partial charge is 0.241 e. The summed E-state index contributed by atoms with van der Waals surface area (Å²) >= 11 is 0. The molecular formula is C12H16N2O4S. The van der Waals surface area contributed by atoms with Gasteiger partial charge in [0.2, 0.25) is 15.9 Å². The van der Waals surface area contributed by atoms with E-state index < -0.39 is 15.6 Å². The molecule has 1 aromatic rings. The zero-order chi connectivity index (χ0) is 14.1. The van der Waals surface area contributed by atoms with Gasteiger partial charge in [-0.05, 0) is 19.1 Å². The van der Waals surface area contributed by atoms with Gasteiger partial charge >= 0.3 is 0 Å². The third-order valence-corrected chi connectivity index (χ3v) is 4.30. The van der Waals surface area contributed by atoms with Crippen LogP contribution >= 0.6 is 0 Å². The van der Waals surface area contributed by atoms with E-state index in [0.29, 0.717) is 0 Å². The average Bonchev–Trinajstić information content (AvgIpc) is 2.34. The lowest BCUT2D eigenvalue weighted by atomic mass is 9.97. The molecule has 1 amide bonds. The SMILES string of the molecule is CC1(O)CN(C(=O)CNS(=O)(=O)c2ccccc2)C1. The number of hydrogen-bond acceptors (Lipinski definition) is 4. The standard InChI is InChI=1S/C12H16N2O4S/c1-12(16)8-14(9-12)11(15)7-13-19(17,18)10-5-3-2-4-6-10/h2-6,13,16H,7-9H2,1H3. The number of nitrogens with one attached hydrogen (secondary N) is 1. The molecule has 0 radical (unpaired) electrons. The van der Waals surface area contributed by atoms with Gasteiger partial charge in [-0.2, -0.15) is 0 Å². The Morgan fingerprint density at radius 2 is 1.95 bits per heavy atom. The fourth-order valence-electron chi connectivity index (χ4n) is 1.90. The van der Waals surface area contributed by atoms with E-state index >= 15 is 0 Å². The predicted molar refractivity (Wildman–Crippen MR) is 68.8 cm³/mol. The van der Waals surface area contributed by atoms with E-state index in [2.05, 4.69) is 4.72 Å². The largest absolute Gasteiger partial charge is 0.386 e. The van der Waals surface area contributed by atoms with Crippen LogP contribution in [0.25, 0.3) is 0 Å². The van der Waals surface area contributed by atoms with E-state index in [1.807, 2.05) is 0 Å². The number of hydrogen-bond donors (Lipinski definition) is 2. The molecule has 6 nitrogen and oxygen atoms in total. The molecule has 1 saturated heterocycles. The quantitative estimate of drug-likeness (QED) is 0.784. The summed E-state index contributed by atoms with van der Waals surface area (Å²) in [7, 11) is -3.66. The normalized spacial score (nSPS) is 17.9. The number of aliphatic hydroxyl groups is 1. The van der Waals surface area contributed by atoms with Gasteiger partial charge in [-0.15, -0.1) is 0 Å². The van der Waals surface area contributed by atoms with Crippen LogP contribution in [0.2, 0.25) is 0 Å². The maximum absolute atomic E-state index is 11.9. The van der Waals surface area contributed by atoms with Crippen LogP contribution in [0.3, 0.4) is 0 Å². The first-order valence-corrected chi connectivity index (χ1v) is 7.33. The zero-order valence-corrected chi connectivity index (χ0v) is 11.4. The van der Waals surface area contributed by atoms with E-state index in [-0.39, 0.29) is 30.4 Å². The Morgan fingerprint density at radius 1 is 1.37 bits per heavy atom. The summed E-state index contributed by atoms with van der Waals surface area (Å²) in [5.41, 5.74) is -0.853. The summed E-state index contributed by atoms with van der Waals surface area (Å²) in [6, 6.07) is 7.86. The third-order valence-electron chi connectivity index (χ3n) is 2.88. The van der Waals surface area contributed by atoms with Crippen molar-refractivity contribution in [2.45, 2.75) is 17.4 Å². The van der Waals surface area contributed by atoms with Crippen LogP contribution in [-0.4, -0.2) is 49.6 Å². The molecule has 1 aliphatic rings. The van der Waals surface area contributed by atoms with Crippen molar-refractivity contribution in [3.8, 4) is 0 Å². The highest BCUT2D eigenvalue weighted by atomic mass is 32.2. The van der Waals surface area contributed by atoms with Gasteiger partial charge in [0.25, 0.3) is 0 Å². The van der Waals surface area contributed by atoms with Crippen molar-refractivity contribution in [3.05, 3.63) is 30.3 Å². The molecule has 0 aliphatic carbocycles. The molecule has 0 unspecified atom stereocenters. The van der Waals surface area contributed by atoms with Crippen molar-refractivity contribution in [1.82, 2.24) is 9.62 Å². The summed E-state index contributed by atoms with van der Waals surface area (Å²) in [5, 5.41) is 9.51. The molecule has 1 aliphatic heterocycles. The summed E-state index contributed by atoms with van der Waals surface area (Å²) in [6.07, 6.45) is 0. The Balaban J connectivity index is 1.91. The van der Waals surface area contributed by atoms with E-state index in [0.717, 1.165) is 0 Å². The van der Waals surface area contributed by atoms with Gasteiger partial charge in [-0.3, -0.25) is 4.79 Å². The first-order chi connectivity index (χ1) is 8.80. The van der Waals surface area contributed by atoms with Crippen molar-refractivity contribution >= 4 is 15.9 Å². The maximum Gasteiger partial charge on any atom is 0.241 e. The van der Waals surface area contributed by atoms with Gasteiger partial charge in [-0.1, -0.05) is 18.2 Å². The molecule has 19 heavy (non-hydrogen) atoms. The minimum absolute atomic E-state index is 0.124. The molecule has 2 rings (SSSR count). The highest BCUT2D eigenvalue weighted by Crippen LogP contribution is 2.19. The van der Waals surface area contributed by atoms with Gasteiger partial charge in [0.1, 0.15) is 0 Å². The molecule has 104 valence electrons. The monoisotopic (exact) mass is 284 g/mol. The van der Waals surface area contributed by atoms with Crippen LogP contribution in [0, 0.1) is 0 Å². The number of amides is 1. The first-order valence-electron chi connectivity index (χ1n) is 5.85. The van der Waals surface area contributed by atoms with E-state index in [4.69, 9.17) is 0 Å². The number of likely N-dealkylation sites (tertiary alicyclic amines) is 1. The minimum atomic E-state index is -3.66. The molecule has 2 N–H and O–H groups in total. The highest BCUT2D eigenvalue weighted by Gasteiger charge is 2.39. The molecule has 1 fully saturated rings. The fraction of sp³-hybridized carbons (Fsp3) is 0.417. The summed E-state index contributed by atoms with van der Waals surface area (Å²) in [5.74, 6) is -0.342. The van der Waals surface area contributed by atoms with Crippen molar-refractivity contribution in [1.29, 1.82) is 0 Å². The van der Waals surface area contributed by atoms with Crippen LogP contribution < -0.4 is 4.72 Å². The molecule has 1 aromatic carbocycles. The summed E-state index contributed by atoms with van der Waals surface area (Å²) in [6.45, 7) is 1.80. The second-order valence-corrected chi connectivity index (χ2v) is 6.65. The van der Waals surface area contributed by atoms with E-state index in [9.17, 15) is 18.3 Å². The number of β-amino-alcohol motifs (C(OH)–C–C–N with tert-alkyl or cyclic N) is 1. The molecule has 0 atom stereocenters. The maximum atomic E-state index is 11.9. The van der Waals surface area contributed by atoms with Gasteiger partial charge in [0.15, 0.2) is 0 Å². The molecule has 0 saturated carbocycles. The Hall–Kier alpha value is -1.44. The highest BCUT2D eigenvalue weighted by molar-refractivity contribution is 7.89. The van der Waals surface area contributed by atoms with E-state index in [1.165, 1.54) is 17.0 Å². The Bertz CT molecular complexity index is 561. The van der Waals surface area contributed by atoms with Crippen molar-refractivity contribution in [2.24, 2.45) is 0 Å². The van der Waals surface area contributed by atoms with Crippen molar-refractivity contribution in [2.75, 3.05) is 19.6 Å². The molecular weight excluding hydrogens is 268 g/mol. The molecule has 7 heteroatoms. The Morgan fingerprint density at radius 3 is 2.47 bits per heavy atom. The Kier molecular flexibility index (Phi) is 3.62. The summed E-state index contributed by atoms with van der Waals surface area (Å²) in [4.78, 5) is 13.2. The van der Waals surface area contributed by atoms with Crippen molar-refractivity contribution in [3.63, 3.8) is 0 Å². The van der Waals surface area contributed by atoms with Gasteiger partial charge < -0.3 is 10.0 Å². The number of nitrogens with zero attached hydrogens (tertiary/aromatic N) is 1. The second kappa shape index (κ2) is 4.92. The summed E-state index contributed by atoms with van der Waals surface area (Å²) < 4.78 is 26.0. The average molecular weight is 284 g/mol. The molecule has 0 bridgehead atoms. The van der Waals surface area contributed by atoms with Gasteiger partial charge in [0, 0.05) is 0 Å². The lowest BCUT2D eigenvalue weighted by Gasteiger charge is -2.44. The zero-order valence-electron chi connectivity index (χ0n) is 10.5. The van der Waals surface area contributed by atoms with Crippen LogP contribution in [0.1, 0.15) is 6.92 Å². The minimum Gasteiger partial charge on any atom is -0.386 e. The van der Waals surface area contributed by atoms with Gasteiger partial charge in [-0.25, -0.2) is 13.1 Å². The number of benzene rings is 1. The van der Waals surface area contributed by atoms with Crippen LogP contribution in [0.4, 0.5) is 0 Å². The first kappa shape index (κ1) is 14.0. The predicted octanol–water partition coefficient (Wildman–Crippen LogP) is -0.442. The number of carbonyl (C=O) groups excluding carboxylic acids is 1. The number of rotatable bonds is 4. The van der Waals surface area contributed by atoms with E-state index in [1.54, 1.807) is 25.1 Å². The fourth-order valence-corrected chi connectivity index (χ4v) is 2.90. The number of sulfonamides is 1. The lowest BCUT2D eigenvalue weighted by molar-refractivity contribution is -0.150. The molecule has 1 heterocycles. The van der Waals surface area contributed by atoms with Gasteiger partial charge in [0.05, 0.1) is 30.1 Å². The third kappa shape index (κ3) is 3.31. The molecule has 0 aromatic heterocycles. The topological polar surface area (TPSA) is 86.7 Å². The van der Waals surface area contributed by atoms with Crippen molar-refractivity contribution < 1.29 is 18.3 Å². The molecule has 0 spiro atoms. The Labute approximate surface area is 112 Å². The lowest BCUT2D eigenvalue weighted by Crippen LogP contribution is -2.63. The van der Waals surface area contributed by atoms with Crippen LogP contribution in [0.5, 0.6) is 0 Å². The van der Waals surface area contributed by atoms with Crippen LogP contribution in [0.15, 0.2) is 35.2 Å². The second-order valence-electron chi connectivity index (χ2n) is 4.88. The van der Waals surface area contributed by atoms with Crippen LogP contribution in [-0.2, 0) is 14.8 Å².